The highest BCUT2D eigenvalue weighted by molar-refractivity contribution is 6.05. The van der Waals surface area contributed by atoms with E-state index in [9.17, 15) is 14.9 Å². The molecule has 2 aromatic rings. The monoisotopic (exact) mass is 328 g/mol. The van der Waals surface area contributed by atoms with Crippen LogP contribution in [0.3, 0.4) is 0 Å². The molecule has 2 unspecified atom stereocenters. The summed E-state index contributed by atoms with van der Waals surface area (Å²) in [5.74, 6) is -1.18. The van der Waals surface area contributed by atoms with Crippen molar-refractivity contribution < 1.29 is 14.5 Å². The van der Waals surface area contributed by atoms with Crippen LogP contribution in [-0.4, -0.2) is 33.5 Å². The maximum Gasteiger partial charge on any atom is 0.315 e. The predicted octanol–water partition coefficient (Wildman–Crippen LogP) is 2.36. The van der Waals surface area contributed by atoms with Crippen LogP contribution in [-0.2, 0) is 16.6 Å². The molecule has 2 atom stereocenters. The third-order valence-corrected chi connectivity index (χ3v) is 4.26. The fourth-order valence-electron chi connectivity index (χ4n) is 3.16. The number of carbonyl (C=O) groups is 1. The molecule has 1 aliphatic heterocycles. The second kappa shape index (κ2) is 5.88. The summed E-state index contributed by atoms with van der Waals surface area (Å²) in [6, 6.07) is 6.41. The fraction of sp³-hybridized carbons (Fsp3) is 0.312. The summed E-state index contributed by atoms with van der Waals surface area (Å²) in [7, 11) is 3.04. The Labute approximate surface area is 137 Å². The summed E-state index contributed by atoms with van der Waals surface area (Å²) >= 11 is 0. The number of hydrogen-bond donors (Lipinski definition) is 0. The number of nitro groups is 1. The van der Waals surface area contributed by atoms with Crippen LogP contribution in [0.1, 0.15) is 24.0 Å². The summed E-state index contributed by atoms with van der Waals surface area (Å²) in [6.07, 6.45) is 1.60. The van der Waals surface area contributed by atoms with Crippen molar-refractivity contribution in [3.8, 4) is 0 Å². The van der Waals surface area contributed by atoms with Gasteiger partial charge < -0.3 is 4.74 Å². The molecule has 8 nitrogen and oxygen atoms in total. The lowest BCUT2D eigenvalue weighted by molar-refractivity contribution is -0.385. The first-order valence-electron chi connectivity index (χ1n) is 7.34. The molecule has 1 aliphatic rings. The minimum atomic E-state index is -0.729. The van der Waals surface area contributed by atoms with Gasteiger partial charge in [0.25, 0.3) is 5.69 Å². The molecular weight excluding hydrogens is 312 g/mol. The van der Waals surface area contributed by atoms with Crippen molar-refractivity contribution in [2.75, 3.05) is 7.11 Å². The van der Waals surface area contributed by atoms with Crippen LogP contribution in [0.5, 0.6) is 0 Å². The second-order valence-corrected chi connectivity index (χ2v) is 5.59. The number of aromatic nitrogens is 2. The Hall–Kier alpha value is -3.03. The number of carbonyl (C=O) groups excluding carboxylic acids is 1. The summed E-state index contributed by atoms with van der Waals surface area (Å²) in [4.78, 5) is 27.8. The largest absolute Gasteiger partial charge is 0.468 e. The van der Waals surface area contributed by atoms with Crippen molar-refractivity contribution in [2.45, 2.75) is 12.8 Å². The molecule has 2 heterocycles. The molecule has 0 N–H and O–H groups in total. The number of methoxy groups -OCH3 is 1. The normalized spacial score (nSPS) is 19.4. The first-order valence-corrected chi connectivity index (χ1v) is 7.34. The van der Waals surface area contributed by atoms with Crippen LogP contribution in [0, 0.1) is 16.0 Å². The lowest BCUT2D eigenvalue weighted by atomic mass is 9.77. The van der Waals surface area contributed by atoms with Gasteiger partial charge in [-0.25, -0.2) is 4.99 Å². The minimum absolute atomic E-state index is 0.0408. The van der Waals surface area contributed by atoms with Crippen LogP contribution in [0.25, 0.3) is 0 Å². The van der Waals surface area contributed by atoms with Crippen molar-refractivity contribution in [3.05, 3.63) is 51.7 Å². The molecule has 124 valence electrons. The Balaban J connectivity index is 2.27. The van der Waals surface area contributed by atoms with Gasteiger partial charge in [0, 0.05) is 35.9 Å². The first kappa shape index (κ1) is 15.9. The quantitative estimate of drug-likeness (QED) is 0.489. The maximum atomic E-state index is 12.4. The van der Waals surface area contributed by atoms with Gasteiger partial charge in [0.15, 0.2) is 5.82 Å². The van der Waals surface area contributed by atoms with Gasteiger partial charge in [-0.3, -0.25) is 19.6 Å². The third kappa shape index (κ3) is 2.36. The second-order valence-electron chi connectivity index (χ2n) is 5.59. The molecule has 0 aliphatic carbocycles. The zero-order chi connectivity index (χ0) is 17.4. The summed E-state index contributed by atoms with van der Waals surface area (Å²) in [6.45, 7) is 1.72. The molecule has 8 heteroatoms. The standard InChI is InChI=1S/C16H16N4O4/c1-9-13(16(21)24-3)14(11-8-17-19(2)15(11)18-9)10-6-4-5-7-12(10)20(22)23/h4-8,13-14H,1-3H3. The topological polar surface area (TPSA) is 99.6 Å². The van der Waals surface area contributed by atoms with E-state index in [1.165, 1.54) is 13.2 Å². The average molecular weight is 328 g/mol. The van der Waals surface area contributed by atoms with E-state index in [0.29, 0.717) is 22.7 Å². The number of nitrogens with zero attached hydrogens (tertiary/aromatic N) is 4. The van der Waals surface area contributed by atoms with Crippen molar-refractivity contribution in [1.29, 1.82) is 0 Å². The van der Waals surface area contributed by atoms with E-state index in [-0.39, 0.29) is 5.69 Å². The van der Waals surface area contributed by atoms with Gasteiger partial charge in [0.1, 0.15) is 5.92 Å². The van der Waals surface area contributed by atoms with Crippen molar-refractivity contribution >= 4 is 23.2 Å². The highest BCUT2D eigenvalue weighted by Gasteiger charge is 2.42. The van der Waals surface area contributed by atoms with E-state index < -0.39 is 22.7 Å². The van der Waals surface area contributed by atoms with Crippen molar-refractivity contribution in [2.24, 2.45) is 18.0 Å². The Morgan fingerprint density at radius 3 is 2.71 bits per heavy atom. The van der Waals surface area contributed by atoms with Crippen LogP contribution in [0.4, 0.5) is 11.5 Å². The van der Waals surface area contributed by atoms with Crippen LogP contribution in [0.15, 0.2) is 35.5 Å². The number of para-hydroxylation sites is 1. The van der Waals surface area contributed by atoms with E-state index >= 15 is 0 Å². The van der Waals surface area contributed by atoms with E-state index in [4.69, 9.17) is 4.74 Å². The van der Waals surface area contributed by atoms with Gasteiger partial charge in [0.2, 0.25) is 0 Å². The number of aliphatic imine (C=N–C) groups is 1. The van der Waals surface area contributed by atoms with E-state index in [2.05, 4.69) is 10.1 Å². The lowest BCUT2D eigenvalue weighted by Gasteiger charge is -2.28. The van der Waals surface area contributed by atoms with Crippen molar-refractivity contribution in [1.82, 2.24) is 9.78 Å². The van der Waals surface area contributed by atoms with Gasteiger partial charge in [-0.05, 0) is 6.92 Å². The van der Waals surface area contributed by atoms with Gasteiger partial charge in [-0.2, -0.15) is 5.10 Å². The zero-order valence-electron chi connectivity index (χ0n) is 13.5. The maximum absolute atomic E-state index is 12.4. The molecule has 1 aromatic carbocycles. The number of fused-ring (bicyclic) bond motifs is 1. The molecular formula is C16H16N4O4. The third-order valence-electron chi connectivity index (χ3n) is 4.26. The minimum Gasteiger partial charge on any atom is -0.468 e. The van der Waals surface area contributed by atoms with Gasteiger partial charge in [0.05, 0.1) is 18.2 Å². The number of rotatable bonds is 3. The smallest absolute Gasteiger partial charge is 0.315 e. The molecule has 0 fully saturated rings. The van der Waals surface area contributed by atoms with Gasteiger partial charge in [-0.1, -0.05) is 18.2 Å². The molecule has 0 radical (unpaired) electrons. The molecule has 3 rings (SSSR count). The molecule has 0 amide bonds. The number of benzene rings is 1. The summed E-state index contributed by atoms with van der Waals surface area (Å²) < 4.78 is 6.51. The van der Waals surface area contributed by atoms with Crippen molar-refractivity contribution in [3.63, 3.8) is 0 Å². The van der Waals surface area contributed by atoms with Crippen LogP contribution >= 0.6 is 0 Å². The average Bonchev–Trinajstić information content (AvgIpc) is 2.93. The molecule has 24 heavy (non-hydrogen) atoms. The lowest BCUT2D eigenvalue weighted by Crippen LogP contribution is -2.33. The Kier molecular flexibility index (Phi) is 3.88. The summed E-state index contributed by atoms with van der Waals surface area (Å²) in [5, 5.41) is 15.6. The zero-order valence-corrected chi connectivity index (χ0v) is 13.5. The Morgan fingerprint density at radius 1 is 1.33 bits per heavy atom. The van der Waals surface area contributed by atoms with Gasteiger partial charge in [-0.15, -0.1) is 0 Å². The number of nitro benzene ring substituents is 1. The molecule has 0 spiro atoms. The molecule has 0 saturated carbocycles. The number of esters is 1. The van der Waals surface area contributed by atoms with Gasteiger partial charge >= 0.3 is 5.97 Å². The molecule has 0 saturated heterocycles. The van der Waals surface area contributed by atoms with E-state index in [1.54, 1.807) is 43.0 Å². The Morgan fingerprint density at radius 2 is 2.04 bits per heavy atom. The van der Waals surface area contributed by atoms with E-state index in [0.717, 1.165) is 0 Å². The highest BCUT2D eigenvalue weighted by atomic mass is 16.6. The summed E-state index contributed by atoms with van der Waals surface area (Å²) in [5.41, 5.74) is 1.62. The number of hydrogen-bond acceptors (Lipinski definition) is 6. The highest BCUT2D eigenvalue weighted by Crippen LogP contribution is 2.45. The Bertz CT molecular complexity index is 856. The fourth-order valence-corrected chi connectivity index (χ4v) is 3.16. The molecule has 0 bridgehead atoms. The number of aryl methyl sites for hydroxylation is 1. The van der Waals surface area contributed by atoms with Crippen LogP contribution in [0.2, 0.25) is 0 Å². The predicted molar refractivity (Wildman–Crippen MR) is 86.4 cm³/mol. The van der Waals surface area contributed by atoms with E-state index in [1.807, 2.05) is 0 Å². The molecule has 1 aromatic heterocycles. The number of ether oxygens (including phenoxy) is 1. The first-order chi connectivity index (χ1) is 11.5. The van der Waals surface area contributed by atoms with Crippen LogP contribution < -0.4 is 0 Å². The SMILES string of the molecule is COC(=O)C1C(C)=Nc2c(cnn2C)C1c1ccccc1[N+](=O)[O-].